The second-order valence-electron chi connectivity index (χ2n) is 6.48. The minimum absolute atomic E-state index is 0.0711. The Hall–Kier alpha value is -1.95. The van der Waals surface area contributed by atoms with Gasteiger partial charge in [0.2, 0.25) is 5.91 Å². The fourth-order valence-corrected chi connectivity index (χ4v) is 4.53. The molecule has 1 N–H and O–H groups in total. The predicted molar refractivity (Wildman–Crippen MR) is 117 cm³/mol. The monoisotopic (exact) mass is 433 g/mol. The summed E-state index contributed by atoms with van der Waals surface area (Å²) in [6.45, 7) is 2.36. The Labute approximate surface area is 179 Å². The van der Waals surface area contributed by atoms with Gasteiger partial charge in [-0.3, -0.25) is 4.79 Å². The van der Waals surface area contributed by atoms with E-state index in [4.69, 9.17) is 23.2 Å². The van der Waals surface area contributed by atoms with Crippen LogP contribution in [0.15, 0.2) is 66.1 Å². The fourth-order valence-electron chi connectivity index (χ4n) is 2.87. The van der Waals surface area contributed by atoms with Crippen molar-refractivity contribution in [3.05, 3.63) is 76.8 Å². The Bertz CT molecular complexity index is 914. The van der Waals surface area contributed by atoms with Crippen molar-refractivity contribution in [3.63, 3.8) is 0 Å². The van der Waals surface area contributed by atoms with Crippen LogP contribution in [0.2, 0.25) is 10.0 Å². The molecule has 0 spiro atoms. The number of aryl methyl sites for hydroxylation is 1. The summed E-state index contributed by atoms with van der Waals surface area (Å²) in [5.41, 5.74) is 1.90. The highest BCUT2D eigenvalue weighted by molar-refractivity contribution is 8.00. The van der Waals surface area contributed by atoms with Gasteiger partial charge in [-0.1, -0.05) is 29.3 Å². The first-order valence-electron chi connectivity index (χ1n) is 8.93. The highest BCUT2D eigenvalue weighted by Gasteiger charge is 2.13. The van der Waals surface area contributed by atoms with E-state index in [1.54, 1.807) is 12.3 Å². The number of hydrogen-bond acceptors (Lipinski definition) is 3. The molecule has 0 fully saturated rings. The average molecular weight is 434 g/mol. The number of anilines is 1. The smallest absolute Gasteiger partial charge is 0.221 e. The summed E-state index contributed by atoms with van der Waals surface area (Å²) in [5.74, 6) is -0.0711. The average Bonchev–Trinajstić information content (AvgIpc) is 3.15. The summed E-state index contributed by atoms with van der Waals surface area (Å²) in [6, 6.07) is 13.6. The summed E-state index contributed by atoms with van der Waals surface area (Å²) in [7, 11) is 0. The van der Waals surface area contributed by atoms with Crippen molar-refractivity contribution >= 4 is 46.6 Å². The molecule has 3 aromatic rings. The lowest BCUT2D eigenvalue weighted by molar-refractivity contribution is -0.114. The maximum absolute atomic E-state index is 11.2. The van der Waals surface area contributed by atoms with Gasteiger partial charge in [0.25, 0.3) is 0 Å². The Morgan fingerprint density at radius 2 is 2.00 bits per heavy atom. The quantitative estimate of drug-likeness (QED) is 0.446. The number of hydrogen-bond donors (Lipinski definition) is 1. The number of carbonyl (C=O) groups excluding carboxylic acids is 1. The number of carbonyl (C=O) groups is 1. The number of imidazole rings is 1. The van der Waals surface area contributed by atoms with Gasteiger partial charge in [-0.2, -0.15) is 0 Å². The van der Waals surface area contributed by atoms with E-state index < -0.39 is 0 Å². The first kappa shape index (κ1) is 20.8. The number of thioether (sulfide) groups is 1. The maximum Gasteiger partial charge on any atom is 0.221 e. The van der Waals surface area contributed by atoms with E-state index in [0.717, 1.165) is 35.5 Å². The molecule has 7 heteroatoms. The van der Waals surface area contributed by atoms with E-state index in [1.807, 2.05) is 60.7 Å². The lowest BCUT2D eigenvalue weighted by atomic mass is 10.1. The molecule has 1 unspecified atom stereocenters. The molecule has 1 aromatic heterocycles. The summed E-state index contributed by atoms with van der Waals surface area (Å²) in [6.07, 6.45) is 7.43. The Balaban J connectivity index is 1.68. The van der Waals surface area contributed by atoms with E-state index in [9.17, 15) is 4.79 Å². The van der Waals surface area contributed by atoms with Crippen molar-refractivity contribution in [3.8, 4) is 0 Å². The Kier molecular flexibility index (Phi) is 7.43. The van der Waals surface area contributed by atoms with E-state index in [2.05, 4.69) is 14.9 Å². The van der Waals surface area contributed by atoms with Crippen molar-refractivity contribution < 1.29 is 4.79 Å². The minimum atomic E-state index is -0.0711. The number of rotatable bonds is 8. The second-order valence-corrected chi connectivity index (χ2v) is 8.70. The van der Waals surface area contributed by atoms with Crippen LogP contribution < -0.4 is 5.32 Å². The molecular formula is C21H21Cl2N3OS. The molecule has 1 atom stereocenters. The largest absolute Gasteiger partial charge is 0.336 e. The van der Waals surface area contributed by atoms with E-state index in [0.29, 0.717) is 15.3 Å². The molecule has 0 aliphatic heterocycles. The highest BCUT2D eigenvalue weighted by atomic mass is 35.5. The summed E-state index contributed by atoms with van der Waals surface area (Å²) >= 11 is 14.1. The third-order valence-corrected chi connectivity index (χ3v) is 6.05. The van der Waals surface area contributed by atoms with Crippen molar-refractivity contribution in [2.45, 2.75) is 36.5 Å². The normalized spacial score (nSPS) is 12.0. The van der Waals surface area contributed by atoms with Gasteiger partial charge < -0.3 is 9.88 Å². The number of nitrogens with one attached hydrogen (secondary N) is 1. The molecule has 0 saturated carbocycles. The van der Waals surface area contributed by atoms with Crippen LogP contribution >= 0.6 is 35.0 Å². The lowest BCUT2D eigenvalue weighted by Crippen LogP contribution is -2.13. The van der Waals surface area contributed by atoms with Crippen molar-refractivity contribution in [2.75, 3.05) is 5.32 Å². The molecule has 0 radical (unpaired) electrons. The summed E-state index contributed by atoms with van der Waals surface area (Å²) in [5, 5.41) is 4.49. The maximum atomic E-state index is 11.2. The summed E-state index contributed by atoms with van der Waals surface area (Å²) < 4.78 is 2.09. The summed E-state index contributed by atoms with van der Waals surface area (Å²) in [4.78, 5) is 16.5. The van der Waals surface area contributed by atoms with Crippen molar-refractivity contribution in [1.82, 2.24) is 9.55 Å². The van der Waals surface area contributed by atoms with Gasteiger partial charge in [0.05, 0.1) is 6.33 Å². The SMILES string of the molecule is CC(=O)Nc1ccc(SC(CCc2ccc(Cl)cc2Cl)Cn2ccnc2)cc1. The minimum Gasteiger partial charge on any atom is -0.336 e. The number of amides is 1. The molecule has 0 saturated heterocycles. The Morgan fingerprint density at radius 3 is 2.64 bits per heavy atom. The number of halogens is 2. The molecule has 146 valence electrons. The molecule has 1 amide bonds. The Morgan fingerprint density at radius 1 is 1.21 bits per heavy atom. The molecule has 0 aliphatic carbocycles. The van der Waals surface area contributed by atoms with Crippen LogP contribution in [0.1, 0.15) is 18.9 Å². The fraction of sp³-hybridized carbons (Fsp3) is 0.238. The zero-order chi connectivity index (χ0) is 19.9. The van der Waals surface area contributed by atoms with Crippen LogP contribution in [0.4, 0.5) is 5.69 Å². The van der Waals surface area contributed by atoms with Crippen LogP contribution in [0.3, 0.4) is 0 Å². The van der Waals surface area contributed by atoms with Crippen LogP contribution in [0, 0.1) is 0 Å². The van der Waals surface area contributed by atoms with Crippen LogP contribution in [-0.4, -0.2) is 20.7 Å². The van der Waals surface area contributed by atoms with Gasteiger partial charge in [-0.25, -0.2) is 4.98 Å². The van der Waals surface area contributed by atoms with Crippen molar-refractivity contribution in [1.29, 1.82) is 0 Å². The van der Waals surface area contributed by atoms with Gasteiger partial charge in [0.15, 0.2) is 0 Å². The van der Waals surface area contributed by atoms with Gasteiger partial charge in [-0.15, -0.1) is 11.8 Å². The number of aromatic nitrogens is 2. The van der Waals surface area contributed by atoms with Crippen molar-refractivity contribution in [2.24, 2.45) is 0 Å². The first-order valence-corrected chi connectivity index (χ1v) is 10.6. The molecule has 1 heterocycles. The van der Waals surface area contributed by atoms with Gasteiger partial charge in [0.1, 0.15) is 0 Å². The van der Waals surface area contributed by atoms with Gasteiger partial charge in [-0.05, 0) is 54.8 Å². The molecule has 3 rings (SSSR count). The number of benzene rings is 2. The topological polar surface area (TPSA) is 46.9 Å². The van der Waals surface area contributed by atoms with E-state index >= 15 is 0 Å². The second kappa shape index (κ2) is 10.0. The van der Waals surface area contributed by atoms with Crippen LogP contribution in [0.5, 0.6) is 0 Å². The molecule has 0 aliphatic rings. The van der Waals surface area contributed by atoms with E-state index in [-0.39, 0.29) is 5.91 Å². The molecule has 4 nitrogen and oxygen atoms in total. The number of nitrogens with zero attached hydrogens (tertiary/aromatic N) is 2. The molecule has 2 aromatic carbocycles. The van der Waals surface area contributed by atoms with E-state index in [1.165, 1.54) is 6.92 Å². The standard InChI is InChI=1S/C21H21Cl2N3OS/c1-15(27)25-18-5-8-19(9-6-18)28-20(13-26-11-10-24-14-26)7-3-16-2-4-17(22)12-21(16)23/h2,4-6,8-12,14,20H,3,7,13H2,1H3,(H,25,27). The molecule has 28 heavy (non-hydrogen) atoms. The molecular weight excluding hydrogens is 413 g/mol. The zero-order valence-corrected chi connectivity index (χ0v) is 17.8. The van der Waals surface area contributed by atoms with Gasteiger partial charge in [0, 0.05) is 51.7 Å². The predicted octanol–water partition coefficient (Wildman–Crippen LogP) is 5.94. The third-order valence-electron chi connectivity index (χ3n) is 4.20. The third kappa shape index (κ3) is 6.30. The highest BCUT2D eigenvalue weighted by Crippen LogP contribution is 2.30. The van der Waals surface area contributed by atoms with Gasteiger partial charge >= 0.3 is 0 Å². The first-order chi connectivity index (χ1) is 13.5. The van der Waals surface area contributed by atoms with Crippen LogP contribution in [-0.2, 0) is 17.8 Å². The van der Waals surface area contributed by atoms with Crippen LogP contribution in [0.25, 0.3) is 0 Å². The zero-order valence-electron chi connectivity index (χ0n) is 15.4. The molecule has 0 bridgehead atoms. The lowest BCUT2D eigenvalue weighted by Gasteiger charge is -2.18.